The van der Waals surface area contributed by atoms with E-state index in [4.69, 9.17) is 10.5 Å². The van der Waals surface area contributed by atoms with Crippen molar-refractivity contribution in [2.24, 2.45) is 0 Å². The number of nitrogen functional groups attached to an aromatic ring is 1. The van der Waals surface area contributed by atoms with Crippen LogP contribution >= 0.6 is 0 Å². The van der Waals surface area contributed by atoms with Gasteiger partial charge in [0, 0.05) is 24.1 Å². The standard InChI is InChI=1S/C14H13N3O2/c15-11-1-2-12-13(7-11)19-9-14(18)17(12)8-10-3-5-16-6-4-10/h1-7H,8-9,15H2. The summed E-state index contributed by atoms with van der Waals surface area (Å²) in [5, 5.41) is 0. The molecular formula is C14H13N3O2. The summed E-state index contributed by atoms with van der Waals surface area (Å²) in [6.07, 6.45) is 3.42. The maximum atomic E-state index is 12.0. The zero-order chi connectivity index (χ0) is 13.2. The van der Waals surface area contributed by atoms with Crippen LogP contribution in [0.25, 0.3) is 0 Å². The Morgan fingerprint density at radius 2 is 2.05 bits per heavy atom. The van der Waals surface area contributed by atoms with Crippen LogP contribution in [0.4, 0.5) is 11.4 Å². The summed E-state index contributed by atoms with van der Waals surface area (Å²) < 4.78 is 5.40. The lowest BCUT2D eigenvalue weighted by molar-refractivity contribution is -0.121. The van der Waals surface area contributed by atoms with Crippen molar-refractivity contribution in [1.29, 1.82) is 0 Å². The number of nitrogens with two attached hydrogens (primary N) is 1. The molecule has 0 fully saturated rings. The van der Waals surface area contributed by atoms with E-state index in [1.807, 2.05) is 18.2 Å². The van der Waals surface area contributed by atoms with E-state index < -0.39 is 0 Å². The minimum atomic E-state index is -0.0610. The minimum absolute atomic E-state index is 0.0432. The number of carbonyl (C=O) groups excluding carboxylic acids is 1. The SMILES string of the molecule is Nc1ccc2c(c1)OCC(=O)N2Cc1ccncc1. The van der Waals surface area contributed by atoms with Crippen LogP contribution in [0.1, 0.15) is 5.56 Å². The van der Waals surface area contributed by atoms with Crippen molar-refractivity contribution < 1.29 is 9.53 Å². The van der Waals surface area contributed by atoms with E-state index in [9.17, 15) is 4.79 Å². The molecule has 0 spiro atoms. The molecule has 19 heavy (non-hydrogen) atoms. The summed E-state index contributed by atoms with van der Waals surface area (Å²) >= 11 is 0. The number of nitrogens with zero attached hydrogens (tertiary/aromatic N) is 2. The van der Waals surface area contributed by atoms with Crippen molar-refractivity contribution in [2.75, 3.05) is 17.2 Å². The summed E-state index contributed by atoms with van der Waals surface area (Å²) in [5.74, 6) is 0.586. The number of anilines is 2. The molecule has 1 amide bonds. The van der Waals surface area contributed by atoms with Gasteiger partial charge in [-0.15, -0.1) is 0 Å². The summed E-state index contributed by atoms with van der Waals surface area (Å²) in [6, 6.07) is 9.09. The van der Waals surface area contributed by atoms with E-state index in [-0.39, 0.29) is 12.5 Å². The van der Waals surface area contributed by atoms with Gasteiger partial charge in [0.25, 0.3) is 5.91 Å². The first-order valence-electron chi connectivity index (χ1n) is 5.95. The van der Waals surface area contributed by atoms with Gasteiger partial charge >= 0.3 is 0 Å². The summed E-state index contributed by atoms with van der Waals surface area (Å²) in [5.41, 5.74) is 8.12. The van der Waals surface area contributed by atoms with E-state index in [0.29, 0.717) is 18.0 Å². The Balaban J connectivity index is 1.95. The molecular weight excluding hydrogens is 242 g/mol. The maximum Gasteiger partial charge on any atom is 0.265 e. The van der Waals surface area contributed by atoms with Gasteiger partial charge in [0.15, 0.2) is 6.61 Å². The van der Waals surface area contributed by atoms with Gasteiger partial charge in [-0.25, -0.2) is 0 Å². The predicted octanol–water partition coefficient (Wildman–Crippen LogP) is 1.59. The Hall–Kier alpha value is -2.56. The van der Waals surface area contributed by atoms with Crippen molar-refractivity contribution in [1.82, 2.24) is 4.98 Å². The number of aromatic nitrogens is 1. The number of hydrogen-bond acceptors (Lipinski definition) is 4. The molecule has 5 nitrogen and oxygen atoms in total. The molecule has 2 aromatic rings. The molecule has 96 valence electrons. The smallest absolute Gasteiger partial charge is 0.265 e. The summed E-state index contributed by atoms with van der Waals surface area (Å²) in [4.78, 5) is 17.7. The molecule has 0 unspecified atom stereocenters. The van der Waals surface area contributed by atoms with Crippen LogP contribution in [0.15, 0.2) is 42.7 Å². The molecule has 0 radical (unpaired) electrons. The molecule has 2 heterocycles. The topological polar surface area (TPSA) is 68.5 Å². The van der Waals surface area contributed by atoms with Gasteiger partial charge < -0.3 is 15.4 Å². The van der Waals surface area contributed by atoms with Gasteiger partial charge in [0.2, 0.25) is 0 Å². The fraction of sp³-hybridized carbons (Fsp3) is 0.143. The highest BCUT2D eigenvalue weighted by molar-refractivity contribution is 5.98. The molecule has 0 saturated heterocycles. The number of hydrogen-bond donors (Lipinski definition) is 1. The van der Waals surface area contributed by atoms with E-state index in [0.717, 1.165) is 11.3 Å². The van der Waals surface area contributed by atoms with Crippen molar-refractivity contribution >= 4 is 17.3 Å². The lowest BCUT2D eigenvalue weighted by atomic mass is 10.2. The largest absolute Gasteiger partial charge is 0.481 e. The maximum absolute atomic E-state index is 12.0. The molecule has 0 bridgehead atoms. The Bertz CT molecular complexity index is 613. The molecule has 1 aromatic heterocycles. The fourth-order valence-electron chi connectivity index (χ4n) is 2.07. The van der Waals surface area contributed by atoms with Crippen molar-refractivity contribution in [3.8, 4) is 5.75 Å². The average molecular weight is 255 g/mol. The van der Waals surface area contributed by atoms with E-state index in [2.05, 4.69) is 4.98 Å². The molecule has 2 N–H and O–H groups in total. The first-order chi connectivity index (χ1) is 9.24. The van der Waals surface area contributed by atoms with E-state index >= 15 is 0 Å². The van der Waals surface area contributed by atoms with Crippen LogP contribution < -0.4 is 15.4 Å². The van der Waals surface area contributed by atoms with Gasteiger partial charge in [-0.05, 0) is 29.8 Å². The zero-order valence-electron chi connectivity index (χ0n) is 10.2. The molecule has 1 aromatic carbocycles. The first-order valence-corrected chi connectivity index (χ1v) is 5.95. The summed E-state index contributed by atoms with van der Waals surface area (Å²) in [6.45, 7) is 0.545. The molecule has 1 aliphatic rings. The quantitative estimate of drug-likeness (QED) is 0.827. The molecule has 0 aliphatic carbocycles. The van der Waals surface area contributed by atoms with Crippen LogP contribution in [0.3, 0.4) is 0 Å². The molecule has 1 aliphatic heterocycles. The minimum Gasteiger partial charge on any atom is -0.481 e. The molecule has 3 rings (SSSR count). The first kappa shape index (κ1) is 11.5. The fourth-order valence-corrected chi connectivity index (χ4v) is 2.07. The van der Waals surface area contributed by atoms with Crippen molar-refractivity contribution in [3.05, 3.63) is 48.3 Å². The van der Waals surface area contributed by atoms with Gasteiger partial charge in [0.05, 0.1) is 12.2 Å². The van der Waals surface area contributed by atoms with Gasteiger partial charge in [-0.1, -0.05) is 0 Å². The third kappa shape index (κ3) is 2.22. The molecule has 0 atom stereocenters. The summed E-state index contributed by atoms with van der Waals surface area (Å²) in [7, 11) is 0. The van der Waals surface area contributed by atoms with Gasteiger partial charge in [0.1, 0.15) is 5.75 Å². The Kier molecular flexibility index (Phi) is 2.79. The van der Waals surface area contributed by atoms with E-state index in [1.54, 1.807) is 29.4 Å². The van der Waals surface area contributed by atoms with Crippen molar-refractivity contribution in [2.45, 2.75) is 6.54 Å². The van der Waals surface area contributed by atoms with Crippen LogP contribution in [-0.2, 0) is 11.3 Å². The highest BCUT2D eigenvalue weighted by Crippen LogP contribution is 2.34. The Morgan fingerprint density at radius 3 is 2.84 bits per heavy atom. The number of rotatable bonds is 2. The Labute approximate surface area is 110 Å². The van der Waals surface area contributed by atoms with Crippen LogP contribution in [0.5, 0.6) is 5.75 Å². The molecule has 0 saturated carbocycles. The third-order valence-corrected chi connectivity index (χ3v) is 3.02. The van der Waals surface area contributed by atoms with Gasteiger partial charge in [-0.2, -0.15) is 0 Å². The second-order valence-electron chi connectivity index (χ2n) is 4.35. The lowest BCUT2D eigenvalue weighted by Crippen LogP contribution is -2.38. The highest BCUT2D eigenvalue weighted by atomic mass is 16.5. The second-order valence-corrected chi connectivity index (χ2v) is 4.35. The average Bonchev–Trinajstić information content (AvgIpc) is 2.43. The third-order valence-electron chi connectivity index (χ3n) is 3.02. The van der Waals surface area contributed by atoms with Crippen molar-refractivity contribution in [3.63, 3.8) is 0 Å². The normalized spacial score (nSPS) is 13.9. The molecule has 5 heteroatoms. The monoisotopic (exact) mass is 255 g/mol. The van der Waals surface area contributed by atoms with E-state index in [1.165, 1.54) is 0 Å². The number of amides is 1. The number of fused-ring (bicyclic) bond motifs is 1. The lowest BCUT2D eigenvalue weighted by Gasteiger charge is -2.29. The van der Waals surface area contributed by atoms with Gasteiger partial charge in [-0.3, -0.25) is 9.78 Å². The number of benzene rings is 1. The number of carbonyl (C=O) groups is 1. The van der Waals surface area contributed by atoms with Crippen LogP contribution in [0, 0.1) is 0 Å². The predicted molar refractivity (Wildman–Crippen MR) is 71.8 cm³/mol. The van der Waals surface area contributed by atoms with Crippen LogP contribution in [0.2, 0.25) is 0 Å². The highest BCUT2D eigenvalue weighted by Gasteiger charge is 2.25. The second kappa shape index (κ2) is 4.61. The number of ether oxygens (including phenoxy) is 1. The Morgan fingerprint density at radius 1 is 1.26 bits per heavy atom. The number of pyridine rings is 1. The zero-order valence-corrected chi connectivity index (χ0v) is 10.2. The van der Waals surface area contributed by atoms with Crippen LogP contribution in [-0.4, -0.2) is 17.5 Å².